The van der Waals surface area contributed by atoms with Crippen molar-refractivity contribution in [3.63, 3.8) is 0 Å². The van der Waals surface area contributed by atoms with Crippen molar-refractivity contribution in [2.75, 3.05) is 16.8 Å². The summed E-state index contributed by atoms with van der Waals surface area (Å²) in [6, 6.07) is 16.3. The Morgan fingerprint density at radius 3 is 2.43 bits per heavy atom. The van der Waals surface area contributed by atoms with Gasteiger partial charge in [-0.2, -0.15) is 0 Å². The first-order chi connectivity index (χ1) is 11.1. The van der Waals surface area contributed by atoms with Crippen LogP contribution in [0.3, 0.4) is 0 Å². The molecule has 1 atom stereocenters. The highest BCUT2D eigenvalue weighted by atomic mass is 16.2. The lowest BCUT2D eigenvalue weighted by Crippen LogP contribution is -2.40. The molecule has 1 heterocycles. The summed E-state index contributed by atoms with van der Waals surface area (Å²) < 4.78 is 0. The van der Waals surface area contributed by atoms with Crippen LogP contribution in [0.4, 0.5) is 11.4 Å². The number of anilines is 2. The lowest BCUT2D eigenvalue weighted by Gasteiger charge is -2.23. The fourth-order valence-corrected chi connectivity index (χ4v) is 3.08. The summed E-state index contributed by atoms with van der Waals surface area (Å²) in [4.78, 5) is 14.6. The van der Waals surface area contributed by atoms with Gasteiger partial charge in [-0.1, -0.05) is 44.2 Å². The summed E-state index contributed by atoms with van der Waals surface area (Å²) in [6.07, 6.45) is 0.942. The molecule has 3 heteroatoms. The van der Waals surface area contributed by atoms with Crippen molar-refractivity contribution in [3.8, 4) is 0 Å². The van der Waals surface area contributed by atoms with Gasteiger partial charge < -0.3 is 10.2 Å². The van der Waals surface area contributed by atoms with Crippen LogP contribution >= 0.6 is 0 Å². The first-order valence-electron chi connectivity index (χ1n) is 8.32. The monoisotopic (exact) mass is 308 g/mol. The zero-order valence-corrected chi connectivity index (χ0v) is 14.0. The van der Waals surface area contributed by atoms with Gasteiger partial charge in [0.15, 0.2) is 0 Å². The van der Waals surface area contributed by atoms with Crippen LogP contribution in [0, 0.1) is 0 Å². The Kier molecular flexibility index (Phi) is 4.37. The number of para-hydroxylation sites is 1. The molecule has 0 spiro atoms. The first kappa shape index (κ1) is 15.6. The van der Waals surface area contributed by atoms with E-state index < -0.39 is 0 Å². The first-order valence-corrected chi connectivity index (χ1v) is 8.32. The Bertz CT molecular complexity index is 691. The number of hydrogen-bond donors (Lipinski definition) is 1. The van der Waals surface area contributed by atoms with Gasteiger partial charge in [0, 0.05) is 17.9 Å². The molecule has 1 N–H and O–H groups in total. The highest BCUT2D eigenvalue weighted by molar-refractivity contribution is 6.00. The molecule has 0 saturated carbocycles. The maximum absolute atomic E-state index is 12.8. The third-order valence-electron chi connectivity index (χ3n) is 4.48. The van der Waals surface area contributed by atoms with Crippen molar-refractivity contribution < 1.29 is 4.79 Å². The minimum Gasteiger partial charge on any atom is -0.374 e. The van der Waals surface area contributed by atoms with Gasteiger partial charge in [0.05, 0.1) is 0 Å². The van der Waals surface area contributed by atoms with Gasteiger partial charge in [-0.3, -0.25) is 4.79 Å². The average Bonchev–Trinajstić information content (AvgIpc) is 2.98. The number of amides is 1. The van der Waals surface area contributed by atoms with Gasteiger partial charge in [0.2, 0.25) is 5.91 Å². The van der Waals surface area contributed by atoms with Gasteiger partial charge in [0.25, 0.3) is 0 Å². The fourth-order valence-electron chi connectivity index (χ4n) is 3.08. The lowest BCUT2D eigenvalue weighted by molar-refractivity contribution is -0.118. The topological polar surface area (TPSA) is 32.3 Å². The molecular weight excluding hydrogens is 284 g/mol. The second-order valence-corrected chi connectivity index (χ2v) is 6.51. The smallest absolute Gasteiger partial charge is 0.249 e. The minimum atomic E-state index is -0.244. The highest BCUT2D eigenvalue weighted by Gasteiger charge is 2.27. The average molecular weight is 308 g/mol. The van der Waals surface area contributed by atoms with Crippen molar-refractivity contribution in [1.82, 2.24) is 0 Å². The van der Waals surface area contributed by atoms with E-state index in [0.29, 0.717) is 5.92 Å². The number of carbonyl (C=O) groups excluding carboxylic acids is 1. The van der Waals surface area contributed by atoms with Crippen LogP contribution in [0.1, 0.15) is 37.8 Å². The van der Waals surface area contributed by atoms with Crippen molar-refractivity contribution in [2.24, 2.45) is 0 Å². The fraction of sp³-hybridized carbons (Fsp3) is 0.350. The molecule has 0 bridgehead atoms. The number of benzene rings is 2. The Morgan fingerprint density at radius 2 is 1.74 bits per heavy atom. The van der Waals surface area contributed by atoms with Crippen LogP contribution in [0.25, 0.3) is 0 Å². The van der Waals surface area contributed by atoms with Crippen LogP contribution in [0.2, 0.25) is 0 Å². The maximum Gasteiger partial charge on any atom is 0.249 e. The largest absolute Gasteiger partial charge is 0.374 e. The van der Waals surface area contributed by atoms with Crippen LogP contribution < -0.4 is 10.2 Å². The molecule has 3 nitrogen and oxygen atoms in total. The molecule has 120 valence electrons. The summed E-state index contributed by atoms with van der Waals surface area (Å²) >= 11 is 0. The van der Waals surface area contributed by atoms with E-state index in [2.05, 4.69) is 49.5 Å². The standard InChI is InChI=1S/C20H24N2O/c1-14(2)16-8-10-18(11-9-16)21-15(3)20(23)22-13-12-17-6-4-5-7-19(17)22/h4-11,14-15,21H,12-13H2,1-3H3. The van der Waals surface area contributed by atoms with E-state index in [1.165, 1.54) is 11.1 Å². The highest BCUT2D eigenvalue weighted by Crippen LogP contribution is 2.28. The quantitative estimate of drug-likeness (QED) is 0.918. The molecule has 1 amide bonds. The summed E-state index contributed by atoms with van der Waals surface area (Å²) in [5.74, 6) is 0.645. The van der Waals surface area contributed by atoms with Gasteiger partial charge in [-0.25, -0.2) is 0 Å². The van der Waals surface area contributed by atoms with E-state index >= 15 is 0 Å². The van der Waals surface area contributed by atoms with Gasteiger partial charge in [0.1, 0.15) is 6.04 Å². The van der Waals surface area contributed by atoms with Crippen molar-refractivity contribution in [2.45, 2.75) is 39.2 Å². The molecule has 1 unspecified atom stereocenters. The number of carbonyl (C=O) groups is 1. The van der Waals surface area contributed by atoms with E-state index in [1.807, 2.05) is 30.0 Å². The third-order valence-corrected chi connectivity index (χ3v) is 4.48. The normalized spacial score (nSPS) is 14.7. The van der Waals surface area contributed by atoms with Crippen LogP contribution in [-0.4, -0.2) is 18.5 Å². The predicted octanol–water partition coefficient (Wildman–Crippen LogP) is 4.20. The molecule has 23 heavy (non-hydrogen) atoms. The Balaban J connectivity index is 1.69. The predicted molar refractivity (Wildman–Crippen MR) is 96.1 cm³/mol. The van der Waals surface area contributed by atoms with Crippen molar-refractivity contribution in [1.29, 1.82) is 0 Å². The van der Waals surface area contributed by atoms with Gasteiger partial charge >= 0.3 is 0 Å². The van der Waals surface area contributed by atoms with E-state index in [9.17, 15) is 4.79 Å². The molecule has 1 aliphatic heterocycles. The number of nitrogens with one attached hydrogen (secondary N) is 1. The molecule has 0 aliphatic carbocycles. The minimum absolute atomic E-state index is 0.128. The van der Waals surface area contributed by atoms with Crippen LogP contribution in [-0.2, 0) is 11.2 Å². The molecule has 0 fully saturated rings. The second-order valence-electron chi connectivity index (χ2n) is 6.51. The molecule has 2 aromatic carbocycles. The number of hydrogen-bond acceptors (Lipinski definition) is 2. The Hall–Kier alpha value is -2.29. The maximum atomic E-state index is 12.8. The SMILES string of the molecule is CC(Nc1ccc(C(C)C)cc1)C(=O)N1CCc2ccccc21. The third kappa shape index (κ3) is 3.24. The molecule has 0 saturated heterocycles. The van der Waals surface area contributed by atoms with E-state index in [4.69, 9.17) is 0 Å². The van der Waals surface area contributed by atoms with Crippen molar-refractivity contribution >= 4 is 17.3 Å². The molecule has 1 aliphatic rings. The number of rotatable bonds is 4. The summed E-state index contributed by atoms with van der Waals surface area (Å²) in [5, 5.41) is 3.32. The molecule has 0 aromatic heterocycles. The van der Waals surface area contributed by atoms with Crippen LogP contribution in [0.15, 0.2) is 48.5 Å². The molecule has 2 aromatic rings. The second kappa shape index (κ2) is 6.45. The summed E-state index contributed by atoms with van der Waals surface area (Å²) in [7, 11) is 0. The Labute approximate surface area is 138 Å². The number of nitrogens with zero attached hydrogens (tertiary/aromatic N) is 1. The zero-order valence-electron chi connectivity index (χ0n) is 14.0. The molecule has 0 radical (unpaired) electrons. The lowest BCUT2D eigenvalue weighted by atomic mass is 10.0. The van der Waals surface area contributed by atoms with E-state index in [0.717, 1.165) is 24.3 Å². The van der Waals surface area contributed by atoms with E-state index in [-0.39, 0.29) is 11.9 Å². The van der Waals surface area contributed by atoms with Gasteiger partial charge in [-0.15, -0.1) is 0 Å². The molecular formula is C20H24N2O. The number of fused-ring (bicyclic) bond motifs is 1. The van der Waals surface area contributed by atoms with Crippen LogP contribution in [0.5, 0.6) is 0 Å². The Morgan fingerprint density at radius 1 is 1.04 bits per heavy atom. The van der Waals surface area contributed by atoms with Crippen molar-refractivity contribution in [3.05, 3.63) is 59.7 Å². The summed E-state index contributed by atoms with van der Waals surface area (Å²) in [5.41, 5.74) is 4.61. The van der Waals surface area contributed by atoms with Gasteiger partial charge in [-0.05, 0) is 48.6 Å². The summed E-state index contributed by atoms with van der Waals surface area (Å²) in [6.45, 7) is 7.06. The zero-order chi connectivity index (χ0) is 16.4. The van der Waals surface area contributed by atoms with E-state index in [1.54, 1.807) is 0 Å². The molecule has 3 rings (SSSR count).